The number of carbonyl (C=O) groups is 1. The molecule has 2 fully saturated rings. The number of anilines is 2. The number of hydrogen-bond donors (Lipinski definition) is 1. The molecule has 2 aromatic carbocycles. The molecule has 12 heteroatoms. The Labute approximate surface area is 303 Å². The van der Waals surface area contributed by atoms with Crippen LogP contribution in [0, 0.1) is 11.3 Å². The molecule has 1 atom stereocenters. The lowest BCUT2D eigenvalue weighted by Crippen LogP contribution is -2.44. The van der Waals surface area contributed by atoms with Crippen molar-refractivity contribution in [3.05, 3.63) is 113 Å². The van der Waals surface area contributed by atoms with Crippen molar-refractivity contribution in [1.82, 2.24) is 28.9 Å². The van der Waals surface area contributed by atoms with E-state index in [1.54, 1.807) is 50.7 Å². The van der Waals surface area contributed by atoms with Crippen LogP contribution in [0.2, 0.25) is 0 Å². The largest absolute Gasteiger partial charge is 0.457 e. The summed E-state index contributed by atoms with van der Waals surface area (Å²) >= 11 is 0. The predicted molar refractivity (Wildman–Crippen MR) is 202 cm³/mol. The Morgan fingerprint density at radius 2 is 1.65 bits per heavy atom. The summed E-state index contributed by atoms with van der Waals surface area (Å²) in [6.07, 6.45) is 6.45. The zero-order valence-corrected chi connectivity index (χ0v) is 29.8. The maximum atomic E-state index is 14.3. The average molecular weight is 698 g/mol. The number of imidazole rings is 1. The monoisotopic (exact) mass is 697 g/mol. The predicted octanol–water partition coefficient (Wildman–Crippen LogP) is 5.30. The first-order valence-corrected chi connectivity index (χ1v) is 17.7. The second-order valence-corrected chi connectivity index (χ2v) is 14.1. The zero-order valence-electron chi connectivity index (χ0n) is 29.8. The van der Waals surface area contributed by atoms with Crippen LogP contribution in [-0.4, -0.2) is 81.1 Å². The van der Waals surface area contributed by atoms with Gasteiger partial charge in [-0.1, -0.05) is 32.0 Å². The molecule has 7 rings (SSSR count). The highest BCUT2D eigenvalue weighted by atomic mass is 16.5. The molecule has 2 aliphatic rings. The van der Waals surface area contributed by atoms with Crippen LogP contribution in [0.4, 0.5) is 11.5 Å². The fraction of sp³-hybridized carbons (Fsp3) is 0.325. The number of likely N-dealkylation sites (N-methyl/N-ethyl adjacent to an activating group) is 1. The van der Waals surface area contributed by atoms with Gasteiger partial charge in [0.1, 0.15) is 34.5 Å². The standard InChI is InChI=1S/C40H43N9O3/c1-40(2,35-24-30(15-17-43-35)46-22-20-45(3)21-23-46)25-28(26-41)38(50)47-19-7-8-31(27-47)48-34-16-18-44-37(42)36(34)49(39(48)51)29-11-13-33(14-12-29)52-32-9-5-4-6-10-32/h4-6,9-18,24-25,31H,7-8,19-23,27H2,1-3H3,(H2,42,44)/t31-/m1/s1. The highest BCUT2D eigenvalue weighted by Gasteiger charge is 2.32. The molecule has 0 aliphatic carbocycles. The maximum absolute atomic E-state index is 14.3. The summed E-state index contributed by atoms with van der Waals surface area (Å²) in [6.45, 7) is 8.51. The Kier molecular flexibility index (Phi) is 9.53. The van der Waals surface area contributed by atoms with Gasteiger partial charge in [0.25, 0.3) is 5.91 Å². The van der Waals surface area contributed by atoms with Crippen LogP contribution in [0.15, 0.2) is 102 Å². The Bertz CT molecular complexity index is 2210. The van der Waals surface area contributed by atoms with Crippen LogP contribution in [0.5, 0.6) is 11.5 Å². The number of aromatic nitrogens is 4. The van der Waals surface area contributed by atoms with Crippen LogP contribution < -0.4 is 21.1 Å². The molecule has 2 saturated heterocycles. The summed E-state index contributed by atoms with van der Waals surface area (Å²) in [4.78, 5) is 43.6. The van der Waals surface area contributed by atoms with Gasteiger partial charge in [0.15, 0.2) is 0 Å². The number of para-hydroxylation sites is 1. The lowest BCUT2D eigenvalue weighted by molar-refractivity contribution is -0.128. The van der Waals surface area contributed by atoms with E-state index < -0.39 is 5.41 Å². The number of nitrogen functional groups attached to an aromatic ring is 1. The van der Waals surface area contributed by atoms with Crippen LogP contribution in [0.1, 0.15) is 38.4 Å². The summed E-state index contributed by atoms with van der Waals surface area (Å²) in [5.41, 5.74) is 9.10. The van der Waals surface area contributed by atoms with Gasteiger partial charge in [-0.15, -0.1) is 0 Å². The zero-order chi connectivity index (χ0) is 36.4. The molecule has 0 saturated carbocycles. The fourth-order valence-corrected chi connectivity index (χ4v) is 7.20. The van der Waals surface area contributed by atoms with Crippen LogP contribution >= 0.6 is 0 Å². The summed E-state index contributed by atoms with van der Waals surface area (Å²) in [6, 6.07) is 24.4. The summed E-state index contributed by atoms with van der Waals surface area (Å²) in [5.74, 6) is 1.20. The van der Waals surface area contributed by atoms with Crippen molar-refractivity contribution in [2.75, 3.05) is 56.9 Å². The maximum Gasteiger partial charge on any atom is 0.334 e. The molecule has 0 unspecified atom stereocenters. The summed E-state index contributed by atoms with van der Waals surface area (Å²) in [5, 5.41) is 10.3. The lowest BCUT2D eigenvalue weighted by Gasteiger charge is -2.35. The minimum Gasteiger partial charge on any atom is -0.457 e. The van der Waals surface area contributed by atoms with Gasteiger partial charge in [-0.25, -0.2) is 9.78 Å². The van der Waals surface area contributed by atoms with E-state index in [-0.39, 0.29) is 35.6 Å². The molecular formula is C40H43N9O3. The first-order chi connectivity index (χ1) is 25.1. The van der Waals surface area contributed by atoms with E-state index in [1.807, 2.05) is 62.4 Å². The number of rotatable bonds is 8. The van der Waals surface area contributed by atoms with E-state index in [4.69, 9.17) is 10.5 Å². The van der Waals surface area contributed by atoms with E-state index in [9.17, 15) is 14.9 Å². The first-order valence-electron chi connectivity index (χ1n) is 17.7. The van der Waals surface area contributed by atoms with Gasteiger partial charge in [0.2, 0.25) is 0 Å². The number of hydrogen-bond acceptors (Lipinski definition) is 9. The fourth-order valence-electron chi connectivity index (χ4n) is 7.20. The topological polar surface area (TPSA) is 139 Å². The van der Waals surface area contributed by atoms with E-state index in [1.165, 1.54) is 0 Å². The highest BCUT2D eigenvalue weighted by Crippen LogP contribution is 2.32. The molecule has 0 spiro atoms. The molecule has 2 N–H and O–H groups in total. The normalized spacial score (nSPS) is 17.3. The van der Waals surface area contributed by atoms with E-state index in [0.29, 0.717) is 47.6 Å². The molecule has 3 aromatic heterocycles. The number of piperidine rings is 1. The highest BCUT2D eigenvalue weighted by molar-refractivity contribution is 5.97. The van der Waals surface area contributed by atoms with Crippen LogP contribution in [-0.2, 0) is 10.2 Å². The minimum atomic E-state index is -0.685. The van der Waals surface area contributed by atoms with E-state index in [2.05, 4.69) is 39.0 Å². The molecule has 5 aromatic rings. The van der Waals surface area contributed by atoms with E-state index in [0.717, 1.165) is 37.6 Å². The van der Waals surface area contributed by atoms with Crippen LogP contribution in [0.3, 0.4) is 0 Å². The third-order valence-electron chi connectivity index (χ3n) is 10.1. The first kappa shape index (κ1) is 34.5. The van der Waals surface area contributed by atoms with Crippen molar-refractivity contribution in [3.8, 4) is 23.3 Å². The number of amides is 1. The Morgan fingerprint density at radius 3 is 2.38 bits per heavy atom. The molecule has 266 valence electrons. The number of likely N-dealkylation sites (tertiary alicyclic amines) is 1. The number of carbonyl (C=O) groups excluding carboxylic acids is 1. The molecular weight excluding hydrogens is 654 g/mol. The molecule has 12 nitrogen and oxygen atoms in total. The molecule has 52 heavy (non-hydrogen) atoms. The minimum absolute atomic E-state index is 0.0541. The van der Waals surface area contributed by atoms with Gasteiger partial charge < -0.3 is 25.2 Å². The molecule has 0 bridgehead atoms. The number of allylic oxidation sites excluding steroid dienone is 1. The van der Waals surface area contributed by atoms with Gasteiger partial charge in [-0.2, -0.15) is 5.26 Å². The van der Waals surface area contributed by atoms with Crippen molar-refractivity contribution in [3.63, 3.8) is 0 Å². The van der Waals surface area contributed by atoms with Gasteiger partial charge in [-0.3, -0.25) is 18.9 Å². The number of ether oxygens (including phenoxy) is 1. The number of nitrogens with zero attached hydrogens (tertiary/aromatic N) is 8. The SMILES string of the molecule is CN1CCN(c2ccnc(C(C)(C)C=C(C#N)C(=O)N3CCC[C@@H](n4c(=O)n(-c5ccc(Oc6ccccc6)cc5)c5c(N)nccc54)C3)c2)CC1. The molecule has 0 radical (unpaired) electrons. The number of pyridine rings is 2. The van der Waals surface area contributed by atoms with Crippen molar-refractivity contribution in [2.24, 2.45) is 0 Å². The van der Waals surface area contributed by atoms with E-state index >= 15 is 0 Å². The number of piperazine rings is 1. The molecule has 1 amide bonds. The second-order valence-electron chi connectivity index (χ2n) is 14.1. The Morgan fingerprint density at radius 1 is 0.942 bits per heavy atom. The summed E-state index contributed by atoms with van der Waals surface area (Å²) < 4.78 is 9.24. The number of benzene rings is 2. The Hall–Kier alpha value is -5.93. The Balaban J connectivity index is 1.15. The van der Waals surface area contributed by atoms with Crippen LogP contribution in [0.25, 0.3) is 16.7 Å². The average Bonchev–Trinajstić information content (AvgIpc) is 3.47. The van der Waals surface area contributed by atoms with Crippen molar-refractivity contribution in [2.45, 2.75) is 38.1 Å². The van der Waals surface area contributed by atoms with Crippen molar-refractivity contribution >= 4 is 28.4 Å². The third-order valence-corrected chi connectivity index (χ3v) is 10.1. The number of nitriles is 1. The summed E-state index contributed by atoms with van der Waals surface area (Å²) in [7, 11) is 2.13. The molecule has 5 heterocycles. The van der Waals surface area contributed by atoms with Crippen molar-refractivity contribution < 1.29 is 9.53 Å². The third kappa shape index (κ3) is 6.87. The molecule has 2 aliphatic heterocycles. The number of nitrogens with two attached hydrogens (primary N) is 1. The van der Waals surface area contributed by atoms with Gasteiger partial charge in [0.05, 0.1) is 22.9 Å². The smallest absolute Gasteiger partial charge is 0.334 e. The van der Waals surface area contributed by atoms with Gasteiger partial charge in [0, 0.05) is 62.8 Å². The van der Waals surface area contributed by atoms with Crippen molar-refractivity contribution in [1.29, 1.82) is 5.26 Å². The second kappa shape index (κ2) is 14.4. The van der Waals surface area contributed by atoms with Gasteiger partial charge >= 0.3 is 5.69 Å². The quantitative estimate of drug-likeness (QED) is 0.169. The van der Waals surface area contributed by atoms with Gasteiger partial charge in [-0.05, 0) is 80.6 Å². The number of fused-ring (bicyclic) bond motifs is 1. The lowest BCUT2D eigenvalue weighted by atomic mass is 9.86.